The Balaban J connectivity index is 1.64. The van der Waals surface area contributed by atoms with Crippen LogP contribution < -0.4 is 4.90 Å². The van der Waals surface area contributed by atoms with Crippen LogP contribution in [0.5, 0.6) is 0 Å². The zero-order valence-electron chi connectivity index (χ0n) is 14.1. The molecule has 0 spiro atoms. The first kappa shape index (κ1) is 16.5. The molecule has 1 heterocycles. The summed E-state index contributed by atoms with van der Waals surface area (Å²) in [5, 5.41) is 0. The molecule has 0 aromatic heterocycles. The van der Waals surface area contributed by atoms with E-state index in [2.05, 4.69) is 34.1 Å². The summed E-state index contributed by atoms with van der Waals surface area (Å²) in [5.41, 5.74) is 2.99. The maximum absolute atomic E-state index is 12.2. The summed E-state index contributed by atoms with van der Waals surface area (Å²) in [4.78, 5) is 16.9. The standard InChI is InChI=1S/C20H24N2O2/c1-2-24-20(23)18-10-6-7-11-19(18)22-14-12-21(13-15-22)16-17-8-4-3-5-9-17/h3-11H,2,12-16H2,1H3. The van der Waals surface area contributed by atoms with Crippen LogP contribution in [-0.2, 0) is 11.3 Å². The summed E-state index contributed by atoms with van der Waals surface area (Å²) >= 11 is 0. The van der Waals surface area contributed by atoms with Crippen molar-refractivity contribution in [1.82, 2.24) is 4.90 Å². The van der Waals surface area contributed by atoms with Gasteiger partial charge in [-0.15, -0.1) is 0 Å². The first-order chi connectivity index (χ1) is 11.8. The highest BCUT2D eigenvalue weighted by Crippen LogP contribution is 2.23. The molecule has 1 aliphatic heterocycles. The highest BCUT2D eigenvalue weighted by atomic mass is 16.5. The van der Waals surface area contributed by atoms with Gasteiger partial charge >= 0.3 is 5.97 Å². The number of benzene rings is 2. The molecule has 0 radical (unpaired) electrons. The lowest BCUT2D eigenvalue weighted by atomic mass is 10.1. The largest absolute Gasteiger partial charge is 0.462 e. The van der Waals surface area contributed by atoms with E-state index in [1.54, 1.807) is 0 Å². The number of nitrogens with zero attached hydrogens (tertiary/aromatic N) is 2. The third kappa shape index (κ3) is 3.95. The Labute approximate surface area is 143 Å². The summed E-state index contributed by atoms with van der Waals surface area (Å²) in [6, 6.07) is 18.3. The van der Waals surface area contributed by atoms with Crippen LogP contribution in [0, 0.1) is 0 Å². The van der Waals surface area contributed by atoms with Gasteiger partial charge in [-0.05, 0) is 24.6 Å². The van der Waals surface area contributed by atoms with Gasteiger partial charge in [0.1, 0.15) is 0 Å². The number of hydrogen-bond acceptors (Lipinski definition) is 4. The molecule has 0 bridgehead atoms. The van der Waals surface area contributed by atoms with E-state index in [4.69, 9.17) is 4.74 Å². The summed E-state index contributed by atoms with van der Waals surface area (Å²) in [7, 11) is 0. The Bertz CT molecular complexity index is 664. The second kappa shape index (κ2) is 7.97. The summed E-state index contributed by atoms with van der Waals surface area (Å²) in [6.45, 7) is 7.04. The second-order valence-corrected chi connectivity index (χ2v) is 5.99. The molecular formula is C20H24N2O2. The van der Waals surface area contributed by atoms with Crippen molar-refractivity contribution in [3.63, 3.8) is 0 Å². The molecule has 24 heavy (non-hydrogen) atoms. The molecule has 0 unspecified atom stereocenters. The molecule has 1 saturated heterocycles. The van der Waals surface area contributed by atoms with Crippen molar-refractivity contribution in [2.24, 2.45) is 0 Å². The van der Waals surface area contributed by atoms with Crippen LogP contribution in [0.25, 0.3) is 0 Å². The average Bonchev–Trinajstić information content (AvgIpc) is 2.63. The molecule has 3 rings (SSSR count). The third-order valence-electron chi connectivity index (χ3n) is 4.36. The number of carbonyl (C=O) groups excluding carboxylic acids is 1. The van der Waals surface area contributed by atoms with Gasteiger partial charge in [-0.1, -0.05) is 42.5 Å². The van der Waals surface area contributed by atoms with E-state index in [9.17, 15) is 4.79 Å². The van der Waals surface area contributed by atoms with E-state index in [0.29, 0.717) is 12.2 Å². The number of para-hydroxylation sites is 1. The number of hydrogen-bond donors (Lipinski definition) is 0. The fraction of sp³-hybridized carbons (Fsp3) is 0.350. The van der Waals surface area contributed by atoms with Crippen molar-refractivity contribution in [2.75, 3.05) is 37.7 Å². The van der Waals surface area contributed by atoms with E-state index in [-0.39, 0.29) is 5.97 Å². The SMILES string of the molecule is CCOC(=O)c1ccccc1N1CCN(Cc2ccccc2)CC1. The molecule has 0 saturated carbocycles. The lowest BCUT2D eigenvalue weighted by Gasteiger charge is -2.36. The van der Waals surface area contributed by atoms with Gasteiger partial charge in [-0.3, -0.25) is 4.90 Å². The average molecular weight is 324 g/mol. The first-order valence-electron chi connectivity index (χ1n) is 8.55. The van der Waals surface area contributed by atoms with Gasteiger partial charge in [0.15, 0.2) is 0 Å². The molecule has 1 fully saturated rings. The van der Waals surface area contributed by atoms with Crippen LogP contribution in [0.1, 0.15) is 22.8 Å². The Morgan fingerprint density at radius 2 is 1.62 bits per heavy atom. The number of anilines is 1. The first-order valence-corrected chi connectivity index (χ1v) is 8.55. The van der Waals surface area contributed by atoms with Crippen LogP contribution in [0.3, 0.4) is 0 Å². The molecule has 126 valence electrons. The maximum Gasteiger partial charge on any atom is 0.340 e. The van der Waals surface area contributed by atoms with E-state index in [1.807, 2.05) is 37.3 Å². The molecule has 0 amide bonds. The van der Waals surface area contributed by atoms with Crippen LogP contribution in [0.4, 0.5) is 5.69 Å². The third-order valence-corrected chi connectivity index (χ3v) is 4.36. The number of rotatable bonds is 5. The quantitative estimate of drug-likeness (QED) is 0.791. The molecule has 4 nitrogen and oxygen atoms in total. The molecule has 2 aromatic rings. The molecule has 0 aliphatic carbocycles. The minimum Gasteiger partial charge on any atom is -0.462 e. The van der Waals surface area contributed by atoms with Gasteiger partial charge in [0.05, 0.1) is 17.9 Å². The van der Waals surface area contributed by atoms with E-state index in [1.165, 1.54) is 5.56 Å². The molecule has 4 heteroatoms. The van der Waals surface area contributed by atoms with Gasteiger partial charge in [0.2, 0.25) is 0 Å². The van der Waals surface area contributed by atoms with E-state index < -0.39 is 0 Å². The van der Waals surface area contributed by atoms with Crippen LogP contribution in [0.2, 0.25) is 0 Å². The fourth-order valence-corrected chi connectivity index (χ4v) is 3.12. The smallest absolute Gasteiger partial charge is 0.340 e. The Kier molecular flexibility index (Phi) is 5.49. The van der Waals surface area contributed by atoms with Crippen molar-refractivity contribution >= 4 is 11.7 Å². The predicted molar refractivity (Wildman–Crippen MR) is 96.3 cm³/mol. The molecular weight excluding hydrogens is 300 g/mol. The van der Waals surface area contributed by atoms with E-state index in [0.717, 1.165) is 38.4 Å². The highest BCUT2D eigenvalue weighted by Gasteiger charge is 2.21. The number of carbonyl (C=O) groups is 1. The summed E-state index contributed by atoms with van der Waals surface area (Å²) in [6.07, 6.45) is 0. The van der Waals surface area contributed by atoms with Crippen molar-refractivity contribution < 1.29 is 9.53 Å². The monoisotopic (exact) mass is 324 g/mol. The minimum atomic E-state index is -0.236. The zero-order chi connectivity index (χ0) is 16.8. The Morgan fingerprint density at radius 3 is 2.33 bits per heavy atom. The molecule has 2 aromatic carbocycles. The lowest BCUT2D eigenvalue weighted by molar-refractivity contribution is 0.0527. The van der Waals surface area contributed by atoms with Gasteiger partial charge in [0.25, 0.3) is 0 Å². The van der Waals surface area contributed by atoms with Crippen molar-refractivity contribution in [1.29, 1.82) is 0 Å². The van der Waals surface area contributed by atoms with E-state index >= 15 is 0 Å². The topological polar surface area (TPSA) is 32.8 Å². The maximum atomic E-state index is 12.2. The van der Waals surface area contributed by atoms with Gasteiger partial charge < -0.3 is 9.64 Å². The van der Waals surface area contributed by atoms with Crippen molar-refractivity contribution in [3.05, 3.63) is 65.7 Å². The summed E-state index contributed by atoms with van der Waals surface area (Å²) in [5.74, 6) is -0.236. The van der Waals surface area contributed by atoms with Gasteiger partial charge in [0, 0.05) is 32.7 Å². The number of piperazine rings is 1. The molecule has 1 aliphatic rings. The minimum absolute atomic E-state index is 0.236. The van der Waals surface area contributed by atoms with Gasteiger partial charge in [-0.25, -0.2) is 4.79 Å². The second-order valence-electron chi connectivity index (χ2n) is 5.99. The number of esters is 1. The van der Waals surface area contributed by atoms with Crippen LogP contribution in [0.15, 0.2) is 54.6 Å². The summed E-state index contributed by atoms with van der Waals surface area (Å²) < 4.78 is 5.18. The zero-order valence-corrected chi connectivity index (χ0v) is 14.1. The molecule has 0 atom stereocenters. The Morgan fingerprint density at radius 1 is 0.958 bits per heavy atom. The van der Waals surface area contributed by atoms with Crippen molar-refractivity contribution in [2.45, 2.75) is 13.5 Å². The predicted octanol–water partition coefficient (Wildman–Crippen LogP) is 3.19. The molecule has 0 N–H and O–H groups in total. The van der Waals surface area contributed by atoms with Crippen molar-refractivity contribution in [3.8, 4) is 0 Å². The lowest BCUT2D eigenvalue weighted by Crippen LogP contribution is -2.46. The Hall–Kier alpha value is -2.33. The number of ether oxygens (including phenoxy) is 1. The van der Waals surface area contributed by atoms with Gasteiger partial charge in [-0.2, -0.15) is 0 Å². The highest BCUT2D eigenvalue weighted by molar-refractivity contribution is 5.95. The van der Waals surface area contributed by atoms with Crippen LogP contribution >= 0.6 is 0 Å². The van der Waals surface area contributed by atoms with Crippen LogP contribution in [-0.4, -0.2) is 43.7 Å². The normalized spacial score (nSPS) is 15.3. The fourth-order valence-electron chi connectivity index (χ4n) is 3.12.